The quantitative estimate of drug-likeness (QED) is 0.177. The van der Waals surface area contributed by atoms with Crippen LogP contribution in [-0.4, -0.2) is 71.6 Å². The van der Waals surface area contributed by atoms with Gasteiger partial charge in [-0.1, -0.05) is 48.5 Å². The number of rotatable bonds is 12. The minimum absolute atomic E-state index is 0.0739. The van der Waals surface area contributed by atoms with E-state index in [4.69, 9.17) is 4.74 Å². The van der Waals surface area contributed by atoms with Crippen molar-refractivity contribution in [3.05, 3.63) is 106 Å². The molecule has 6 rings (SSSR count). The number of nitrogens with zero attached hydrogens (tertiary/aromatic N) is 2. The molecule has 2 aliphatic rings. The first-order valence-corrected chi connectivity index (χ1v) is 15.4. The van der Waals surface area contributed by atoms with Crippen LogP contribution in [0.15, 0.2) is 66.7 Å². The number of aliphatic hydroxyl groups excluding tert-OH is 1. The van der Waals surface area contributed by atoms with Crippen LogP contribution in [0.1, 0.15) is 53.4 Å². The number of likely N-dealkylation sites (tertiary alicyclic amines) is 1. The van der Waals surface area contributed by atoms with Crippen molar-refractivity contribution in [3.8, 4) is 0 Å². The second-order valence-electron chi connectivity index (χ2n) is 12.2. The first kappa shape index (κ1) is 30.8. The molecule has 9 heteroatoms. The van der Waals surface area contributed by atoms with Gasteiger partial charge in [-0.25, -0.2) is 13.2 Å². The lowest BCUT2D eigenvalue weighted by Crippen LogP contribution is -2.49. The lowest BCUT2D eigenvalue weighted by molar-refractivity contribution is -0.00642. The molecule has 4 aromatic rings. The summed E-state index contributed by atoms with van der Waals surface area (Å²) in [4.78, 5) is 7.23. The monoisotopic (exact) mass is 609 g/mol. The van der Waals surface area contributed by atoms with Crippen LogP contribution in [0.5, 0.6) is 0 Å². The topological polar surface area (TPSA) is 51.7 Å². The van der Waals surface area contributed by atoms with Gasteiger partial charge in [-0.15, -0.1) is 0 Å². The molecule has 2 unspecified atom stereocenters. The van der Waals surface area contributed by atoms with E-state index in [9.17, 15) is 9.50 Å². The molecule has 3 heterocycles. The van der Waals surface area contributed by atoms with Crippen LogP contribution >= 0.6 is 0 Å². The highest BCUT2D eigenvalue weighted by Crippen LogP contribution is 2.43. The number of fused-ring (bicyclic) bond motifs is 3. The third-order valence-corrected chi connectivity index (χ3v) is 9.09. The number of ether oxygens (including phenoxy) is 1. The fraction of sp³-hybridized carbons (Fsp3) is 0.429. The number of nitrogens with one attached hydrogen (secondary N) is 1. The smallest absolute Gasteiger partial charge is 0.136 e. The van der Waals surface area contributed by atoms with Crippen molar-refractivity contribution in [1.82, 2.24) is 14.8 Å². The number of halogens is 4. The van der Waals surface area contributed by atoms with Gasteiger partial charge < -0.3 is 19.7 Å². The molecule has 3 aromatic carbocycles. The predicted molar refractivity (Wildman–Crippen MR) is 163 cm³/mol. The van der Waals surface area contributed by atoms with Gasteiger partial charge in [0.2, 0.25) is 0 Å². The van der Waals surface area contributed by atoms with E-state index in [0.717, 1.165) is 22.0 Å². The fourth-order valence-electron chi connectivity index (χ4n) is 6.85. The number of aromatic amines is 1. The van der Waals surface area contributed by atoms with E-state index in [0.29, 0.717) is 38.2 Å². The van der Waals surface area contributed by atoms with Gasteiger partial charge in [-0.05, 0) is 54.7 Å². The van der Waals surface area contributed by atoms with Crippen LogP contribution < -0.4 is 0 Å². The van der Waals surface area contributed by atoms with E-state index < -0.39 is 36.6 Å². The lowest BCUT2D eigenvalue weighted by Gasteiger charge is -2.42. The van der Waals surface area contributed by atoms with Crippen molar-refractivity contribution in [2.75, 3.05) is 39.5 Å². The van der Waals surface area contributed by atoms with Gasteiger partial charge >= 0.3 is 0 Å². The van der Waals surface area contributed by atoms with Crippen LogP contribution in [0, 0.1) is 17.6 Å². The highest BCUT2D eigenvalue weighted by Gasteiger charge is 2.40. The summed E-state index contributed by atoms with van der Waals surface area (Å²) in [6, 6.07) is 18.6. The Kier molecular flexibility index (Phi) is 9.37. The maximum atomic E-state index is 16.1. The van der Waals surface area contributed by atoms with E-state index in [-0.39, 0.29) is 42.8 Å². The number of alkyl halides is 2. The first-order valence-electron chi connectivity index (χ1n) is 15.4. The van der Waals surface area contributed by atoms with E-state index in [2.05, 4.69) is 4.98 Å². The number of H-pyrrole nitrogens is 1. The Hall–Kier alpha value is -3.24. The Labute approximate surface area is 255 Å². The van der Waals surface area contributed by atoms with Gasteiger partial charge in [0.05, 0.1) is 32.0 Å². The zero-order valence-corrected chi connectivity index (χ0v) is 24.9. The van der Waals surface area contributed by atoms with Crippen LogP contribution in [0.4, 0.5) is 17.6 Å². The van der Waals surface area contributed by atoms with E-state index in [1.54, 1.807) is 0 Å². The van der Waals surface area contributed by atoms with Gasteiger partial charge in [0, 0.05) is 60.3 Å². The molecule has 0 bridgehead atoms. The average molecular weight is 610 g/mol. The molecule has 44 heavy (non-hydrogen) atoms. The normalized spacial score (nSPS) is 20.9. The van der Waals surface area contributed by atoms with Crippen molar-refractivity contribution >= 4 is 10.9 Å². The fourth-order valence-corrected chi connectivity index (χ4v) is 6.85. The Morgan fingerprint density at radius 1 is 1.02 bits per heavy atom. The number of hydrogen-bond acceptors (Lipinski definition) is 4. The number of aliphatic hydroxyl groups is 1. The molecule has 234 valence electrons. The van der Waals surface area contributed by atoms with Gasteiger partial charge in [-0.2, -0.15) is 0 Å². The average Bonchev–Trinajstić information content (AvgIpc) is 3.36. The molecule has 0 aliphatic carbocycles. The van der Waals surface area contributed by atoms with Crippen LogP contribution in [0.3, 0.4) is 0 Å². The van der Waals surface area contributed by atoms with Crippen molar-refractivity contribution in [3.63, 3.8) is 0 Å². The summed E-state index contributed by atoms with van der Waals surface area (Å²) in [6.45, 7) is 3.28. The number of para-hydroxylation sites is 1. The number of benzene rings is 3. The zero-order valence-electron chi connectivity index (χ0n) is 24.9. The molecule has 1 fully saturated rings. The van der Waals surface area contributed by atoms with Gasteiger partial charge in [0.25, 0.3) is 0 Å². The Morgan fingerprint density at radius 2 is 1.73 bits per heavy atom. The van der Waals surface area contributed by atoms with Crippen LogP contribution in [-0.2, 0) is 17.8 Å². The molecular formula is C35H39F4N3O2. The van der Waals surface area contributed by atoms with E-state index in [1.165, 1.54) is 12.1 Å². The third-order valence-electron chi connectivity index (χ3n) is 9.09. The van der Waals surface area contributed by atoms with Gasteiger partial charge in [-0.3, -0.25) is 9.29 Å². The Morgan fingerprint density at radius 3 is 2.45 bits per heavy atom. The summed E-state index contributed by atoms with van der Waals surface area (Å²) in [7, 11) is 0. The largest absolute Gasteiger partial charge is 0.388 e. The summed E-state index contributed by atoms with van der Waals surface area (Å²) in [6.07, 6.45) is -1.42. The molecule has 0 radical (unpaired) electrons. The molecule has 1 aromatic heterocycles. The molecule has 4 atom stereocenters. The van der Waals surface area contributed by atoms with E-state index in [1.807, 2.05) is 71.3 Å². The van der Waals surface area contributed by atoms with E-state index >= 15 is 13.2 Å². The zero-order chi connectivity index (χ0) is 30.8. The van der Waals surface area contributed by atoms with Crippen LogP contribution in [0.2, 0.25) is 0 Å². The second-order valence-corrected chi connectivity index (χ2v) is 12.2. The van der Waals surface area contributed by atoms with Crippen LogP contribution in [0.25, 0.3) is 10.9 Å². The maximum Gasteiger partial charge on any atom is 0.136 e. The summed E-state index contributed by atoms with van der Waals surface area (Å²) in [5, 5.41) is 11.9. The lowest BCUT2D eigenvalue weighted by atomic mass is 9.85. The Balaban J connectivity index is 1.27. The highest BCUT2D eigenvalue weighted by molar-refractivity contribution is 5.85. The molecule has 0 saturated carbocycles. The van der Waals surface area contributed by atoms with Gasteiger partial charge in [0.15, 0.2) is 0 Å². The van der Waals surface area contributed by atoms with Crippen molar-refractivity contribution in [2.24, 2.45) is 5.92 Å². The second kappa shape index (κ2) is 13.4. The SMILES string of the molecule is C[C@@H]1Cc2c([nH]c3ccccc23)[C@@H](c2c(F)cc(C(O)C3CN(CCCF)C3)cc2F)N1CC(F)COCc1ccccc1. The number of aromatic nitrogens is 1. The molecule has 0 spiro atoms. The molecule has 1 saturated heterocycles. The molecule has 2 N–H and O–H groups in total. The summed E-state index contributed by atoms with van der Waals surface area (Å²) in [5.41, 5.74) is 3.41. The molecule has 2 aliphatic heterocycles. The number of hydrogen-bond donors (Lipinski definition) is 2. The minimum atomic E-state index is -1.39. The highest BCUT2D eigenvalue weighted by atomic mass is 19.1. The Bertz CT molecular complexity index is 1540. The maximum absolute atomic E-state index is 16.1. The molecular weight excluding hydrogens is 570 g/mol. The molecule has 5 nitrogen and oxygen atoms in total. The standard InChI is InChI=1S/C35H39F4N3O2/c1-22-14-28-27-10-5-6-11-31(27)40-33(28)34(42(22)19-26(37)21-44-20-23-8-3-2-4-9-23)32-29(38)15-24(16-30(32)39)35(43)25-17-41(18-25)13-7-12-36/h2-6,8-11,15-16,22,25-26,34-35,40,43H,7,12-14,17-21H2,1H3/t22-,26?,34-,35?/m1/s1. The summed E-state index contributed by atoms with van der Waals surface area (Å²) >= 11 is 0. The minimum Gasteiger partial charge on any atom is -0.388 e. The summed E-state index contributed by atoms with van der Waals surface area (Å²) in [5.74, 6) is -1.75. The first-order chi connectivity index (χ1) is 21.3. The van der Waals surface area contributed by atoms with Gasteiger partial charge in [0.1, 0.15) is 17.8 Å². The predicted octanol–water partition coefficient (Wildman–Crippen LogP) is 6.66. The van der Waals surface area contributed by atoms with Crippen molar-refractivity contribution in [1.29, 1.82) is 0 Å². The third kappa shape index (κ3) is 6.29. The summed E-state index contributed by atoms with van der Waals surface area (Å²) < 4.78 is 65.9. The van der Waals surface area contributed by atoms with Crippen molar-refractivity contribution in [2.45, 2.75) is 50.7 Å². The molecule has 0 amide bonds. The van der Waals surface area contributed by atoms with Crippen molar-refractivity contribution < 1.29 is 27.4 Å².